The molecule has 0 aliphatic carbocycles. The molecule has 1 aromatic carbocycles. The number of benzene rings is 1. The van der Waals surface area contributed by atoms with Crippen LogP contribution < -0.4 is 10.2 Å². The minimum atomic E-state index is -0.480. The van der Waals surface area contributed by atoms with Crippen molar-refractivity contribution in [3.8, 4) is 5.75 Å². The molecular weight excluding hydrogens is 187 g/mol. The molecule has 0 unspecified atom stereocenters. The molecule has 0 saturated heterocycles. The van der Waals surface area contributed by atoms with Crippen LogP contribution in [0, 0.1) is 12.8 Å². The molecule has 0 atom stereocenters. The van der Waals surface area contributed by atoms with Crippen LogP contribution in [0.15, 0.2) is 18.2 Å². The number of hydrogen-bond acceptors (Lipinski definition) is 2. The van der Waals surface area contributed by atoms with Crippen molar-refractivity contribution in [1.82, 2.24) is 0 Å². The van der Waals surface area contributed by atoms with Gasteiger partial charge >= 0.3 is 6.92 Å². The maximum atomic E-state index is 9.61. The third-order valence-corrected chi connectivity index (χ3v) is 2.19. The van der Waals surface area contributed by atoms with Crippen LogP contribution in [-0.4, -0.2) is 18.5 Å². The van der Waals surface area contributed by atoms with E-state index in [0.29, 0.717) is 12.5 Å². The first-order valence-electron chi connectivity index (χ1n) is 5.42. The van der Waals surface area contributed by atoms with E-state index in [1.165, 1.54) is 0 Å². The molecule has 0 bridgehead atoms. The second-order valence-corrected chi connectivity index (χ2v) is 4.42. The highest BCUT2D eigenvalue weighted by atomic mass is 16.5. The van der Waals surface area contributed by atoms with Gasteiger partial charge in [0.05, 0.1) is 6.61 Å². The van der Waals surface area contributed by atoms with Crippen LogP contribution in [0.4, 0.5) is 0 Å². The number of aryl methyl sites for hydroxylation is 1. The minimum Gasteiger partial charge on any atom is -0.494 e. The summed E-state index contributed by atoms with van der Waals surface area (Å²) >= 11 is 0. The van der Waals surface area contributed by atoms with E-state index in [1.807, 2.05) is 25.1 Å². The Morgan fingerprint density at radius 2 is 2.07 bits per heavy atom. The highest BCUT2D eigenvalue weighted by Crippen LogP contribution is 2.11. The van der Waals surface area contributed by atoms with Crippen molar-refractivity contribution in [3.05, 3.63) is 23.8 Å². The van der Waals surface area contributed by atoms with Crippen molar-refractivity contribution >= 4 is 12.4 Å². The molecule has 3 heteroatoms. The van der Waals surface area contributed by atoms with E-state index < -0.39 is 6.92 Å². The molecule has 2 nitrogen and oxygen atoms in total. The largest absolute Gasteiger partial charge is 0.494 e. The number of rotatable bonds is 4. The van der Waals surface area contributed by atoms with Crippen molar-refractivity contribution in [2.24, 2.45) is 5.92 Å². The highest BCUT2D eigenvalue weighted by Gasteiger charge is 2.13. The molecule has 0 spiro atoms. The molecule has 15 heavy (non-hydrogen) atoms. The third kappa shape index (κ3) is 3.59. The van der Waals surface area contributed by atoms with Gasteiger partial charge < -0.3 is 9.76 Å². The summed E-state index contributed by atoms with van der Waals surface area (Å²) < 4.78 is 5.65. The van der Waals surface area contributed by atoms with E-state index in [2.05, 4.69) is 13.8 Å². The average Bonchev–Trinajstić information content (AvgIpc) is 2.15. The molecule has 1 rings (SSSR count). The van der Waals surface area contributed by atoms with Gasteiger partial charge in [-0.3, -0.25) is 0 Å². The van der Waals surface area contributed by atoms with Gasteiger partial charge in [-0.1, -0.05) is 38.4 Å². The first kappa shape index (κ1) is 12.1. The summed E-state index contributed by atoms with van der Waals surface area (Å²) in [6.07, 6.45) is 0. The number of hydrogen-bond donors (Lipinski definition) is 1. The topological polar surface area (TPSA) is 29.5 Å². The normalized spacial score (nSPS) is 10.5. The van der Waals surface area contributed by atoms with Crippen LogP contribution in [0.25, 0.3) is 0 Å². The van der Waals surface area contributed by atoms with Gasteiger partial charge in [0, 0.05) is 0 Å². The summed E-state index contributed by atoms with van der Waals surface area (Å²) in [7, 11) is 0. The Morgan fingerprint density at radius 1 is 1.40 bits per heavy atom. The van der Waals surface area contributed by atoms with Gasteiger partial charge in [0.15, 0.2) is 0 Å². The Balaban J connectivity index is 2.86. The average molecular weight is 206 g/mol. The molecule has 0 heterocycles. The molecule has 0 radical (unpaired) electrons. The Morgan fingerprint density at radius 3 is 2.60 bits per heavy atom. The SMILES string of the molecule is CB(O)c1cc(C)ccc1OCC(C)C. The molecule has 0 fully saturated rings. The van der Waals surface area contributed by atoms with Gasteiger partial charge in [-0.25, -0.2) is 0 Å². The smallest absolute Gasteiger partial charge is 0.324 e. The summed E-state index contributed by atoms with van der Waals surface area (Å²) in [6, 6.07) is 5.90. The third-order valence-electron chi connectivity index (χ3n) is 2.19. The Labute approximate surface area is 92.4 Å². The fraction of sp³-hybridized carbons (Fsp3) is 0.500. The molecular formula is C12H19BO2. The summed E-state index contributed by atoms with van der Waals surface area (Å²) in [6.45, 7) is 8.19. The lowest BCUT2D eigenvalue weighted by molar-refractivity contribution is 0.272. The lowest BCUT2D eigenvalue weighted by Gasteiger charge is -2.14. The summed E-state index contributed by atoms with van der Waals surface area (Å²) in [5.41, 5.74) is 2.01. The van der Waals surface area contributed by atoms with Gasteiger partial charge in [0.25, 0.3) is 0 Å². The van der Waals surface area contributed by atoms with E-state index in [4.69, 9.17) is 4.74 Å². The quantitative estimate of drug-likeness (QED) is 0.761. The molecule has 1 N–H and O–H groups in total. The molecule has 1 aromatic rings. The van der Waals surface area contributed by atoms with Gasteiger partial charge in [-0.05, 0) is 24.4 Å². The first-order chi connectivity index (χ1) is 7.00. The monoisotopic (exact) mass is 206 g/mol. The molecule has 0 aliphatic heterocycles. The predicted molar refractivity (Wildman–Crippen MR) is 65.0 cm³/mol. The van der Waals surface area contributed by atoms with Crippen LogP contribution in [0.3, 0.4) is 0 Å². The highest BCUT2D eigenvalue weighted by molar-refractivity contribution is 6.65. The zero-order chi connectivity index (χ0) is 11.4. The zero-order valence-corrected chi connectivity index (χ0v) is 9.95. The van der Waals surface area contributed by atoms with Crippen LogP contribution in [0.2, 0.25) is 6.82 Å². The van der Waals surface area contributed by atoms with Crippen LogP contribution in [0.1, 0.15) is 19.4 Å². The van der Waals surface area contributed by atoms with E-state index >= 15 is 0 Å². The van der Waals surface area contributed by atoms with E-state index in [1.54, 1.807) is 6.82 Å². The maximum absolute atomic E-state index is 9.61. The Kier molecular flexibility index (Phi) is 4.21. The van der Waals surface area contributed by atoms with Crippen LogP contribution >= 0.6 is 0 Å². The van der Waals surface area contributed by atoms with Crippen molar-refractivity contribution in [1.29, 1.82) is 0 Å². The Hall–Kier alpha value is -0.955. The molecule has 82 valence electrons. The minimum absolute atomic E-state index is 0.480. The second kappa shape index (κ2) is 5.22. The maximum Gasteiger partial charge on any atom is 0.324 e. The zero-order valence-electron chi connectivity index (χ0n) is 9.95. The summed E-state index contributed by atoms with van der Waals surface area (Å²) in [5.74, 6) is 1.29. The molecule has 0 aliphatic rings. The second-order valence-electron chi connectivity index (χ2n) is 4.42. The van der Waals surface area contributed by atoms with Gasteiger partial charge in [0.2, 0.25) is 0 Å². The van der Waals surface area contributed by atoms with Gasteiger partial charge in [-0.2, -0.15) is 0 Å². The van der Waals surface area contributed by atoms with Crippen molar-refractivity contribution in [2.45, 2.75) is 27.6 Å². The standard InChI is InChI=1S/C12H19BO2/c1-9(2)8-15-12-6-5-10(3)7-11(12)13(4)14/h5-7,9,14H,8H2,1-4H3. The van der Waals surface area contributed by atoms with Gasteiger partial charge in [0.1, 0.15) is 5.75 Å². The van der Waals surface area contributed by atoms with Gasteiger partial charge in [-0.15, -0.1) is 0 Å². The fourth-order valence-corrected chi connectivity index (χ4v) is 1.38. The van der Waals surface area contributed by atoms with Crippen molar-refractivity contribution in [3.63, 3.8) is 0 Å². The lowest BCUT2D eigenvalue weighted by Crippen LogP contribution is -2.29. The lowest BCUT2D eigenvalue weighted by atomic mass is 9.63. The summed E-state index contributed by atoms with van der Waals surface area (Å²) in [4.78, 5) is 0. The fourth-order valence-electron chi connectivity index (χ4n) is 1.38. The van der Waals surface area contributed by atoms with Crippen LogP contribution in [0.5, 0.6) is 5.75 Å². The number of ether oxygens (including phenoxy) is 1. The van der Waals surface area contributed by atoms with E-state index in [9.17, 15) is 5.02 Å². The molecule has 0 saturated carbocycles. The Bertz CT molecular complexity index is 321. The summed E-state index contributed by atoms with van der Waals surface area (Å²) in [5, 5.41) is 9.61. The van der Waals surface area contributed by atoms with E-state index in [0.717, 1.165) is 16.8 Å². The molecule has 0 amide bonds. The molecule has 0 aromatic heterocycles. The predicted octanol–water partition coefficient (Wildman–Crippen LogP) is 1.85. The first-order valence-corrected chi connectivity index (χ1v) is 5.42. The van der Waals surface area contributed by atoms with Crippen LogP contribution in [-0.2, 0) is 0 Å². The van der Waals surface area contributed by atoms with Crippen molar-refractivity contribution < 1.29 is 9.76 Å². The van der Waals surface area contributed by atoms with Crippen molar-refractivity contribution in [2.75, 3.05) is 6.61 Å². The van der Waals surface area contributed by atoms with E-state index in [-0.39, 0.29) is 0 Å².